The van der Waals surface area contributed by atoms with E-state index in [0.29, 0.717) is 43.3 Å². The van der Waals surface area contributed by atoms with Crippen LogP contribution < -0.4 is 10.1 Å². The first-order valence-corrected chi connectivity index (χ1v) is 14.0. The molecule has 0 radical (unpaired) electrons. The molecule has 8 heteroatoms. The fourth-order valence-corrected chi connectivity index (χ4v) is 5.12. The Morgan fingerprint density at radius 2 is 1.62 bits per heavy atom. The third-order valence-electron chi connectivity index (χ3n) is 7.20. The van der Waals surface area contributed by atoms with Crippen LogP contribution in [0.25, 0.3) is 0 Å². The summed E-state index contributed by atoms with van der Waals surface area (Å²) in [5, 5.41) is 13.1. The minimum absolute atomic E-state index is 0.102. The highest BCUT2D eigenvalue weighted by molar-refractivity contribution is 6.30. The van der Waals surface area contributed by atoms with Gasteiger partial charge in [0.1, 0.15) is 18.4 Å². The number of likely N-dealkylation sites (tertiary alicyclic amines) is 1. The third-order valence-corrected chi connectivity index (χ3v) is 7.44. The van der Waals surface area contributed by atoms with Crippen LogP contribution in [0.3, 0.4) is 0 Å². The van der Waals surface area contributed by atoms with E-state index in [0.717, 1.165) is 29.5 Å². The van der Waals surface area contributed by atoms with Crippen LogP contribution in [-0.4, -0.2) is 46.9 Å². The standard InChI is InChI=1S/C32H35ClN2O5/c33-27-8-4-7-23(19-27)11-14-31(37)35-17-15-25(16-18-35)21-30(36)34-29(32(38)39)20-24-9-12-28(13-10-24)40-22-26-5-2-1-3-6-26/h1-10,12-13,19,25,29H,11,14-18,20-22H2,(H,34,36)(H,38,39). The van der Waals surface area contributed by atoms with Gasteiger partial charge in [0, 0.05) is 37.4 Å². The molecule has 1 heterocycles. The third kappa shape index (κ3) is 9.12. The number of nitrogens with zero attached hydrogens (tertiary/aromatic N) is 1. The van der Waals surface area contributed by atoms with E-state index in [4.69, 9.17) is 16.3 Å². The Kier molecular flexibility index (Phi) is 10.6. The van der Waals surface area contributed by atoms with Gasteiger partial charge in [-0.3, -0.25) is 9.59 Å². The van der Waals surface area contributed by atoms with Crippen LogP contribution >= 0.6 is 11.6 Å². The van der Waals surface area contributed by atoms with Crippen molar-refractivity contribution in [2.45, 2.75) is 51.2 Å². The number of carboxylic acids is 1. The number of nitrogens with one attached hydrogen (secondary N) is 1. The van der Waals surface area contributed by atoms with Crippen molar-refractivity contribution in [2.75, 3.05) is 13.1 Å². The maximum absolute atomic E-state index is 12.7. The van der Waals surface area contributed by atoms with Crippen LogP contribution in [0.15, 0.2) is 78.9 Å². The van der Waals surface area contributed by atoms with E-state index in [2.05, 4.69) is 5.32 Å². The Balaban J connectivity index is 1.18. The Morgan fingerprint density at radius 1 is 0.925 bits per heavy atom. The molecule has 1 aliphatic heterocycles. The highest BCUT2D eigenvalue weighted by atomic mass is 35.5. The molecule has 1 unspecified atom stereocenters. The lowest BCUT2D eigenvalue weighted by Crippen LogP contribution is -2.44. The Hall–Kier alpha value is -3.84. The predicted molar refractivity (Wildman–Crippen MR) is 154 cm³/mol. The second kappa shape index (κ2) is 14.5. The van der Waals surface area contributed by atoms with Crippen molar-refractivity contribution in [3.8, 4) is 5.75 Å². The summed E-state index contributed by atoms with van der Waals surface area (Å²) in [6, 6.07) is 23.6. The van der Waals surface area contributed by atoms with Gasteiger partial charge in [-0.1, -0.05) is 66.2 Å². The number of carbonyl (C=O) groups excluding carboxylic acids is 2. The Morgan fingerprint density at radius 3 is 2.30 bits per heavy atom. The second-order valence-corrected chi connectivity index (χ2v) is 10.7. The Labute approximate surface area is 240 Å². The lowest BCUT2D eigenvalue weighted by atomic mass is 9.92. The molecular formula is C32H35ClN2O5. The van der Waals surface area contributed by atoms with Gasteiger partial charge < -0.3 is 20.1 Å². The number of hydrogen-bond acceptors (Lipinski definition) is 4. The fraction of sp³-hybridized carbons (Fsp3) is 0.344. The number of amides is 2. The van der Waals surface area contributed by atoms with Crippen LogP contribution in [0.4, 0.5) is 0 Å². The fourth-order valence-electron chi connectivity index (χ4n) is 4.90. The molecule has 210 valence electrons. The van der Waals surface area contributed by atoms with Crippen LogP contribution in [-0.2, 0) is 33.8 Å². The number of carbonyl (C=O) groups is 3. The van der Waals surface area contributed by atoms with Gasteiger partial charge in [-0.2, -0.15) is 0 Å². The minimum atomic E-state index is -1.07. The quantitative estimate of drug-likeness (QED) is 0.313. The van der Waals surface area contributed by atoms with Crippen molar-refractivity contribution in [1.82, 2.24) is 10.2 Å². The number of rotatable bonds is 12. The predicted octanol–water partition coefficient (Wildman–Crippen LogP) is 5.29. The van der Waals surface area contributed by atoms with Gasteiger partial charge in [0.2, 0.25) is 11.8 Å². The zero-order valence-corrected chi connectivity index (χ0v) is 23.2. The Bertz CT molecular complexity index is 1270. The lowest BCUT2D eigenvalue weighted by molar-refractivity contribution is -0.142. The topological polar surface area (TPSA) is 95.9 Å². The summed E-state index contributed by atoms with van der Waals surface area (Å²) in [4.78, 5) is 39.1. The smallest absolute Gasteiger partial charge is 0.326 e. The highest BCUT2D eigenvalue weighted by Crippen LogP contribution is 2.22. The van der Waals surface area contributed by atoms with Crippen molar-refractivity contribution < 1.29 is 24.2 Å². The maximum atomic E-state index is 12.7. The number of ether oxygens (including phenoxy) is 1. The van der Waals surface area contributed by atoms with E-state index in [9.17, 15) is 19.5 Å². The van der Waals surface area contributed by atoms with Gasteiger partial charge in [0.05, 0.1) is 0 Å². The van der Waals surface area contributed by atoms with E-state index in [1.165, 1.54) is 0 Å². The summed E-state index contributed by atoms with van der Waals surface area (Å²) in [6.07, 6.45) is 2.94. The normalized spacial score (nSPS) is 14.4. The number of halogens is 1. The van der Waals surface area contributed by atoms with Gasteiger partial charge in [0.25, 0.3) is 0 Å². The molecular weight excluding hydrogens is 528 g/mol. The largest absolute Gasteiger partial charge is 0.489 e. The van der Waals surface area contributed by atoms with Crippen molar-refractivity contribution in [3.63, 3.8) is 0 Å². The molecule has 2 amide bonds. The first-order chi connectivity index (χ1) is 19.4. The van der Waals surface area contributed by atoms with Gasteiger partial charge in [-0.15, -0.1) is 0 Å². The molecule has 3 aromatic rings. The average Bonchev–Trinajstić information content (AvgIpc) is 2.96. The maximum Gasteiger partial charge on any atom is 0.326 e. The number of piperidine rings is 1. The summed E-state index contributed by atoms with van der Waals surface area (Å²) in [7, 11) is 0. The molecule has 0 saturated carbocycles. The molecule has 0 bridgehead atoms. The molecule has 1 atom stereocenters. The zero-order chi connectivity index (χ0) is 28.3. The SMILES string of the molecule is O=C(CC1CCN(C(=O)CCc2cccc(Cl)c2)CC1)NC(Cc1ccc(OCc2ccccc2)cc1)C(=O)O. The molecule has 0 aromatic heterocycles. The van der Waals surface area contributed by atoms with Gasteiger partial charge in [0.15, 0.2) is 0 Å². The number of aliphatic carboxylic acids is 1. The number of benzene rings is 3. The molecule has 1 saturated heterocycles. The second-order valence-electron chi connectivity index (χ2n) is 10.2. The molecule has 1 fully saturated rings. The molecule has 4 rings (SSSR count). The van der Waals surface area contributed by atoms with Crippen LogP contribution in [0, 0.1) is 5.92 Å². The zero-order valence-electron chi connectivity index (χ0n) is 22.4. The van der Waals surface area contributed by atoms with Crippen LogP contribution in [0.2, 0.25) is 5.02 Å². The van der Waals surface area contributed by atoms with E-state index in [1.54, 1.807) is 0 Å². The van der Waals surface area contributed by atoms with E-state index < -0.39 is 12.0 Å². The molecule has 2 N–H and O–H groups in total. The van der Waals surface area contributed by atoms with E-state index in [-0.39, 0.29) is 30.6 Å². The monoisotopic (exact) mass is 562 g/mol. The van der Waals surface area contributed by atoms with Crippen LogP contribution in [0.5, 0.6) is 5.75 Å². The molecule has 3 aromatic carbocycles. The van der Waals surface area contributed by atoms with Crippen molar-refractivity contribution in [3.05, 3.63) is 101 Å². The van der Waals surface area contributed by atoms with Crippen molar-refractivity contribution in [2.24, 2.45) is 5.92 Å². The van der Waals surface area contributed by atoms with E-state index >= 15 is 0 Å². The molecule has 0 aliphatic carbocycles. The van der Waals surface area contributed by atoms with Gasteiger partial charge >= 0.3 is 5.97 Å². The van der Waals surface area contributed by atoms with Crippen LogP contribution in [0.1, 0.15) is 42.4 Å². The molecule has 40 heavy (non-hydrogen) atoms. The number of hydrogen-bond donors (Lipinski definition) is 2. The summed E-state index contributed by atoms with van der Waals surface area (Å²) < 4.78 is 5.79. The summed E-state index contributed by atoms with van der Waals surface area (Å²) in [5.74, 6) is -0.436. The first-order valence-electron chi connectivity index (χ1n) is 13.7. The average molecular weight is 563 g/mol. The number of carboxylic acid groups (broad SMARTS) is 1. The van der Waals surface area contributed by atoms with Gasteiger partial charge in [-0.25, -0.2) is 4.79 Å². The first kappa shape index (κ1) is 29.2. The lowest BCUT2D eigenvalue weighted by Gasteiger charge is -2.32. The summed E-state index contributed by atoms with van der Waals surface area (Å²) >= 11 is 6.02. The minimum Gasteiger partial charge on any atom is -0.489 e. The highest BCUT2D eigenvalue weighted by Gasteiger charge is 2.26. The van der Waals surface area contributed by atoms with E-state index in [1.807, 2.05) is 83.8 Å². The molecule has 7 nitrogen and oxygen atoms in total. The van der Waals surface area contributed by atoms with Gasteiger partial charge in [-0.05, 0) is 66.1 Å². The number of aryl methyl sites for hydroxylation is 1. The molecule has 1 aliphatic rings. The summed E-state index contributed by atoms with van der Waals surface area (Å²) in [6.45, 7) is 1.66. The molecule has 0 spiro atoms. The van der Waals surface area contributed by atoms with Crippen molar-refractivity contribution >= 4 is 29.4 Å². The van der Waals surface area contributed by atoms with Crippen molar-refractivity contribution in [1.29, 1.82) is 0 Å². The summed E-state index contributed by atoms with van der Waals surface area (Å²) in [5.41, 5.74) is 2.89.